The average molecular weight is 193 g/mol. The van der Waals surface area contributed by atoms with Crippen LogP contribution < -0.4 is 5.73 Å². The minimum absolute atomic E-state index is 0.103. The normalized spacial score (nSPS) is 29.0. The molecule has 4 nitrogen and oxygen atoms in total. The number of ether oxygens (including phenoxy) is 1. The van der Waals surface area contributed by atoms with Gasteiger partial charge in [0.25, 0.3) is 0 Å². The van der Waals surface area contributed by atoms with Crippen LogP contribution in [0.1, 0.15) is 24.9 Å². The maximum absolute atomic E-state index is 6.09. The van der Waals surface area contributed by atoms with Crippen molar-refractivity contribution < 1.29 is 4.74 Å². The smallest absolute Gasteiger partial charge is 0.115 e. The highest BCUT2D eigenvalue weighted by molar-refractivity contribution is 5.11. The Balaban J connectivity index is 2.12. The molecule has 1 aromatic rings. The first-order valence-corrected chi connectivity index (χ1v) is 4.91. The number of nitrogens with two attached hydrogens (primary N) is 1. The van der Waals surface area contributed by atoms with E-state index in [0.717, 1.165) is 18.6 Å². The summed E-state index contributed by atoms with van der Waals surface area (Å²) in [6.45, 7) is 2.98. The Hall–Kier alpha value is -1.00. The molecule has 1 aliphatic rings. The Morgan fingerprint density at radius 2 is 2.21 bits per heavy atom. The number of hydrogen-bond donors (Lipinski definition) is 1. The van der Waals surface area contributed by atoms with Crippen LogP contribution in [0.4, 0.5) is 0 Å². The van der Waals surface area contributed by atoms with Crippen molar-refractivity contribution in [3.8, 4) is 0 Å². The van der Waals surface area contributed by atoms with Gasteiger partial charge in [0.1, 0.15) is 6.33 Å². The SMILES string of the molecule is CC1CCOC1C(N)c1cncnc1. The first kappa shape index (κ1) is 9.55. The topological polar surface area (TPSA) is 61.0 Å². The average Bonchev–Trinajstić information content (AvgIpc) is 2.65. The first-order chi connectivity index (χ1) is 6.79. The monoisotopic (exact) mass is 193 g/mol. The van der Waals surface area contributed by atoms with E-state index in [1.54, 1.807) is 12.4 Å². The van der Waals surface area contributed by atoms with Gasteiger partial charge in [-0.3, -0.25) is 0 Å². The maximum atomic E-state index is 6.09. The third-order valence-electron chi connectivity index (χ3n) is 2.76. The number of aromatic nitrogens is 2. The van der Waals surface area contributed by atoms with Crippen LogP contribution in [-0.4, -0.2) is 22.7 Å². The van der Waals surface area contributed by atoms with Gasteiger partial charge >= 0.3 is 0 Å². The molecule has 14 heavy (non-hydrogen) atoms. The molecule has 2 rings (SSSR count). The zero-order valence-corrected chi connectivity index (χ0v) is 8.26. The summed E-state index contributed by atoms with van der Waals surface area (Å²) in [5.74, 6) is 0.519. The number of hydrogen-bond acceptors (Lipinski definition) is 4. The third kappa shape index (κ3) is 1.76. The van der Waals surface area contributed by atoms with Gasteiger partial charge in [-0.25, -0.2) is 9.97 Å². The van der Waals surface area contributed by atoms with E-state index < -0.39 is 0 Å². The lowest BCUT2D eigenvalue weighted by molar-refractivity contribution is 0.0723. The van der Waals surface area contributed by atoms with Crippen LogP contribution in [0.3, 0.4) is 0 Å². The van der Waals surface area contributed by atoms with E-state index in [1.165, 1.54) is 6.33 Å². The highest BCUT2D eigenvalue weighted by Gasteiger charge is 2.30. The largest absolute Gasteiger partial charge is 0.376 e. The minimum Gasteiger partial charge on any atom is -0.376 e. The van der Waals surface area contributed by atoms with Crippen molar-refractivity contribution in [2.45, 2.75) is 25.5 Å². The second-order valence-electron chi connectivity index (χ2n) is 3.80. The Kier molecular flexibility index (Phi) is 2.74. The summed E-state index contributed by atoms with van der Waals surface area (Å²) in [6, 6.07) is -0.103. The molecular weight excluding hydrogens is 178 g/mol. The van der Waals surface area contributed by atoms with Gasteiger partial charge in [-0.15, -0.1) is 0 Å². The van der Waals surface area contributed by atoms with Gasteiger partial charge in [0, 0.05) is 24.6 Å². The lowest BCUT2D eigenvalue weighted by atomic mass is 9.95. The van der Waals surface area contributed by atoms with Crippen molar-refractivity contribution >= 4 is 0 Å². The molecule has 0 saturated carbocycles. The van der Waals surface area contributed by atoms with Crippen molar-refractivity contribution in [2.75, 3.05) is 6.61 Å². The summed E-state index contributed by atoms with van der Waals surface area (Å²) in [4.78, 5) is 7.91. The van der Waals surface area contributed by atoms with Gasteiger partial charge in [0.05, 0.1) is 12.1 Å². The van der Waals surface area contributed by atoms with Gasteiger partial charge in [0.15, 0.2) is 0 Å². The van der Waals surface area contributed by atoms with Crippen LogP contribution in [0.2, 0.25) is 0 Å². The van der Waals surface area contributed by atoms with Crippen molar-refractivity contribution in [3.05, 3.63) is 24.3 Å². The van der Waals surface area contributed by atoms with E-state index >= 15 is 0 Å². The second kappa shape index (κ2) is 4.02. The molecular formula is C10H15N3O. The quantitative estimate of drug-likeness (QED) is 0.758. The fraction of sp³-hybridized carbons (Fsp3) is 0.600. The molecule has 0 bridgehead atoms. The molecule has 0 amide bonds. The standard InChI is InChI=1S/C10H15N3O/c1-7-2-3-14-10(7)9(11)8-4-12-6-13-5-8/h4-7,9-10H,2-3,11H2,1H3. The number of nitrogens with zero attached hydrogens (tertiary/aromatic N) is 2. The summed E-state index contributed by atoms with van der Waals surface area (Å²) < 4.78 is 5.60. The van der Waals surface area contributed by atoms with E-state index in [2.05, 4.69) is 16.9 Å². The van der Waals surface area contributed by atoms with Gasteiger partial charge in [-0.1, -0.05) is 6.92 Å². The summed E-state index contributed by atoms with van der Waals surface area (Å²) in [5.41, 5.74) is 7.04. The first-order valence-electron chi connectivity index (χ1n) is 4.91. The zero-order chi connectivity index (χ0) is 9.97. The predicted molar refractivity (Wildman–Crippen MR) is 52.5 cm³/mol. The lowest BCUT2D eigenvalue weighted by Gasteiger charge is -2.21. The Labute approximate surface area is 83.5 Å². The lowest BCUT2D eigenvalue weighted by Crippen LogP contribution is -2.30. The minimum atomic E-state index is -0.103. The number of rotatable bonds is 2. The molecule has 2 N–H and O–H groups in total. The summed E-state index contributed by atoms with van der Waals surface area (Å²) in [6.07, 6.45) is 6.22. The van der Waals surface area contributed by atoms with Gasteiger partial charge < -0.3 is 10.5 Å². The predicted octanol–water partition coefficient (Wildman–Crippen LogP) is 0.901. The molecule has 1 aromatic heterocycles. The van der Waals surface area contributed by atoms with Gasteiger partial charge in [-0.05, 0) is 12.3 Å². The highest BCUT2D eigenvalue weighted by atomic mass is 16.5. The van der Waals surface area contributed by atoms with E-state index in [9.17, 15) is 0 Å². The molecule has 0 spiro atoms. The molecule has 0 aliphatic carbocycles. The summed E-state index contributed by atoms with van der Waals surface area (Å²) >= 11 is 0. The molecule has 0 radical (unpaired) electrons. The van der Waals surface area contributed by atoms with Crippen molar-refractivity contribution in [1.82, 2.24) is 9.97 Å². The molecule has 3 unspecified atom stereocenters. The van der Waals surface area contributed by atoms with Crippen molar-refractivity contribution in [1.29, 1.82) is 0 Å². The molecule has 1 fully saturated rings. The summed E-state index contributed by atoms with van der Waals surface area (Å²) in [7, 11) is 0. The molecule has 2 heterocycles. The third-order valence-corrected chi connectivity index (χ3v) is 2.76. The molecule has 4 heteroatoms. The molecule has 0 aromatic carbocycles. The molecule has 1 saturated heterocycles. The Morgan fingerprint density at radius 3 is 2.79 bits per heavy atom. The Morgan fingerprint density at radius 1 is 1.50 bits per heavy atom. The van der Waals surface area contributed by atoms with Crippen molar-refractivity contribution in [2.24, 2.45) is 11.7 Å². The van der Waals surface area contributed by atoms with E-state index in [-0.39, 0.29) is 12.1 Å². The van der Waals surface area contributed by atoms with Crippen LogP contribution in [0.15, 0.2) is 18.7 Å². The van der Waals surface area contributed by atoms with E-state index in [1.807, 2.05) is 0 Å². The summed E-state index contributed by atoms with van der Waals surface area (Å²) in [5, 5.41) is 0. The van der Waals surface area contributed by atoms with Crippen molar-refractivity contribution in [3.63, 3.8) is 0 Å². The van der Waals surface area contributed by atoms with Gasteiger partial charge in [0.2, 0.25) is 0 Å². The molecule has 1 aliphatic heterocycles. The fourth-order valence-electron chi connectivity index (χ4n) is 1.85. The fourth-order valence-corrected chi connectivity index (χ4v) is 1.85. The molecule has 76 valence electrons. The Bertz CT molecular complexity index is 291. The van der Waals surface area contributed by atoms with Crippen LogP contribution in [0.5, 0.6) is 0 Å². The maximum Gasteiger partial charge on any atom is 0.115 e. The van der Waals surface area contributed by atoms with Crippen LogP contribution in [0, 0.1) is 5.92 Å². The van der Waals surface area contributed by atoms with Crippen LogP contribution in [-0.2, 0) is 4.74 Å². The second-order valence-corrected chi connectivity index (χ2v) is 3.80. The molecule has 3 atom stereocenters. The van der Waals surface area contributed by atoms with Gasteiger partial charge in [-0.2, -0.15) is 0 Å². The highest BCUT2D eigenvalue weighted by Crippen LogP contribution is 2.28. The van der Waals surface area contributed by atoms with Crippen LogP contribution in [0.25, 0.3) is 0 Å². The van der Waals surface area contributed by atoms with E-state index in [4.69, 9.17) is 10.5 Å². The van der Waals surface area contributed by atoms with Crippen LogP contribution >= 0.6 is 0 Å². The van der Waals surface area contributed by atoms with E-state index in [0.29, 0.717) is 5.92 Å². The zero-order valence-electron chi connectivity index (χ0n) is 8.26.